The van der Waals surface area contributed by atoms with Gasteiger partial charge in [0.1, 0.15) is 11.3 Å². The Kier molecular flexibility index (Phi) is 4.08. The van der Waals surface area contributed by atoms with Gasteiger partial charge in [0.15, 0.2) is 0 Å². The fourth-order valence-corrected chi connectivity index (χ4v) is 1.52. The molecule has 4 nitrogen and oxygen atoms in total. The molecule has 96 valence electrons. The predicted molar refractivity (Wildman–Crippen MR) is 56.4 cm³/mol. The molecule has 0 aliphatic rings. The van der Waals surface area contributed by atoms with Crippen LogP contribution in [0.2, 0.25) is 0 Å². The molecule has 0 radical (unpaired) electrons. The Labute approximate surface area is 105 Å². The topological polar surface area (TPSA) is 59.3 Å². The van der Waals surface area contributed by atoms with Crippen molar-refractivity contribution in [1.29, 1.82) is 5.26 Å². The van der Waals surface area contributed by atoms with Crippen LogP contribution in [0, 0.1) is 11.3 Å². The highest BCUT2D eigenvalue weighted by Gasteiger charge is 2.34. The van der Waals surface area contributed by atoms with E-state index in [0.717, 1.165) is 19.2 Å². The van der Waals surface area contributed by atoms with Crippen molar-refractivity contribution < 1.29 is 27.4 Å². The van der Waals surface area contributed by atoms with E-state index >= 15 is 0 Å². The number of hydrogen-bond acceptors (Lipinski definition) is 5. The van der Waals surface area contributed by atoms with Gasteiger partial charge in [0, 0.05) is 4.90 Å². The Hall–Kier alpha value is -1.88. The number of rotatable bonds is 2. The van der Waals surface area contributed by atoms with Gasteiger partial charge >= 0.3 is 12.3 Å². The lowest BCUT2D eigenvalue weighted by Gasteiger charge is -2.13. The second-order valence-corrected chi connectivity index (χ2v) is 3.50. The van der Waals surface area contributed by atoms with E-state index < -0.39 is 23.6 Å². The van der Waals surface area contributed by atoms with E-state index in [2.05, 4.69) is 22.1 Å². The molecule has 0 bridgehead atoms. The molecule has 0 unspecified atom stereocenters. The maximum atomic E-state index is 12.2. The molecule has 0 fully saturated rings. The van der Waals surface area contributed by atoms with Crippen LogP contribution in [-0.4, -0.2) is 19.4 Å². The zero-order valence-electron chi connectivity index (χ0n) is 8.91. The zero-order chi connectivity index (χ0) is 13.9. The van der Waals surface area contributed by atoms with Gasteiger partial charge in [-0.25, -0.2) is 4.79 Å². The Morgan fingerprint density at radius 3 is 2.50 bits per heavy atom. The van der Waals surface area contributed by atoms with E-state index in [1.807, 2.05) is 0 Å². The van der Waals surface area contributed by atoms with Crippen molar-refractivity contribution in [3.05, 3.63) is 23.3 Å². The molecule has 1 aromatic rings. The standard InChI is InChI=1S/C10H6F3NO3S/c1-16-9(15)8-6(17-10(11,12)13)2-5(4-14)3-7(8)18/h2-3,18H,1H3. The number of nitrogens with zero attached hydrogens (tertiary/aromatic N) is 1. The van der Waals surface area contributed by atoms with Crippen LogP contribution < -0.4 is 4.74 Å². The molecule has 18 heavy (non-hydrogen) atoms. The fourth-order valence-electron chi connectivity index (χ4n) is 1.18. The minimum atomic E-state index is -4.99. The third kappa shape index (κ3) is 3.30. The van der Waals surface area contributed by atoms with Crippen molar-refractivity contribution in [3.63, 3.8) is 0 Å². The number of thiol groups is 1. The molecule has 0 spiro atoms. The number of carbonyl (C=O) groups is 1. The molecule has 0 atom stereocenters. The van der Waals surface area contributed by atoms with Crippen molar-refractivity contribution in [2.75, 3.05) is 7.11 Å². The molecule has 0 aliphatic heterocycles. The Balaban J connectivity index is 3.39. The summed E-state index contributed by atoms with van der Waals surface area (Å²) in [6, 6.07) is 3.56. The first-order chi connectivity index (χ1) is 8.28. The second-order valence-electron chi connectivity index (χ2n) is 3.02. The monoisotopic (exact) mass is 277 g/mol. The fraction of sp³-hybridized carbons (Fsp3) is 0.200. The molecular formula is C10H6F3NO3S. The molecular weight excluding hydrogens is 271 g/mol. The van der Waals surface area contributed by atoms with Crippen LogP contribution in [0.1, 0.15) is 15.9 Å². The van der Waals surface area contributed by atoms with Crippen molar-refractivity contribution in [1.82, 2.24) is 0 Å². The molecule has 0 heterocycles. The minimum Gasteiger partial charge on any atom is -0.465 e. The molecule has 0 amide bonds. The molecule has 0 saturated heterocycles. The third-order valence-corrected chi connectivity index (χ3v) is 2.18. The summed E-state index contributed by atoms with van der Waals surface area (Å²) in [4.78, 5) is 11.2. The van der Waals surface area contributed by atoms with E-state index in [-0.39, 0.29) is 10.5 Å². The third-order valence-electron chi connectivity index (χ3n) is 1.83. The first-order valence-corrected chi connectivity index (χ1v) is 4.84. The normalized spacial score (nSPS) is 10.7. The van der Waals surface area contributed by atoms with Gasteiger partial charge < -0.3 is 9.47 Å². The smallest absolute Gasteiger partial charge is 0.465 e. The lowest BCUT2D eigenvalue weighted by molar-refractivity contribution is -0.274. The first-order valence-electron chi connectivity index (χ1n) is 4.39. The van der Waals surface area contributed by atoms with Crippen LogP contribution in [0.25, 0.3) is 0 Å². The summed E-state index contributed by atoms with van der Waals surface area (Å²) in [5.41, 5.74) is -0.607. The average molecular weight is 277 g/mol. The maximum Gasteiger partial charge on any atom is 0.573 e. The van der Waals surface area contributed by atoms with Crippen LogP contribution >= 0.6 is 12.6 Å². The molecule has 8 heteroatoms. The first kappa shape index (κ1) is 14.2. The van der Waals surface area contributed by atoms with Gasteiger partial charge in [0.25, 0.3) is 0 Å². The quantitative estimate of drug-likeness (QED) is 0.666. The number of hydrogen-bond donors (Lipinski definition) is 1. The van der Waals surface area contributed by atoms with E-state index in [0.29, 0.717) is 0 Å². The van der Waals surface area contributed by atoms with Gasteiger partial charge in [-0.15, -0.1) is 25.8 Å². The Morgan fingerprint density at radius 2 is 2.06 bits per heavy atom. The predicted octanol–water partition coefficient (Wildman–Crippen LogP) is 2.53. The number of carbonyl (C=O) groups excluding carboxylic acids is 1. The second kappa shape index (κ2) is 5.18. The summed E-state index contributed by atoms with van der Waals surface area (Å²) in [6.45, 7) is 0. The minimum absolute atomic E-state index is 0.119. The number of esters is 1. The molecule has 0 aliphatic carbocycles. The van der Waals surface area contributed by atoms with E-state index in [9.17, 15) is 18.0 Å². The maximum absolute atomic E-state index is 12.2. The van der Waals surface area contributed by atoms with Crippen LogP contribution in [-0.2, 0) is 4.74 Å². The summed E-state index contributed by atoms with van der Waals surface area (Å²) >= 11 is 3.83. The highest BCUT2D eigenvalue weighted by Crippen LogP contribution is 2.32. The SMILES string of the molecule is COC(=O)c1c(S)cc(C#N)cc1OC(F)(F)F. The number of nitriles is 1. The van der Waals surface area contributed by atoms with Crippen LogP contribution in [0.15, 0.2) is 17.0 Å². The summed E-state index contributed by atoms with van der Waals surface area (Å²) in [6.07, 6.45) is -4.99. The molecule has 0 saturated carbocycles. The van der Waals surface area contributed by atoms with Gasteiger partial charge in [-0.3, -0.25) is 0 Å². The molecule has 0 N–H and O–H groups in total. The molecule has 0 aromatic heterocycles. The summed E-state index contributed by atoms with van der Waals surface area (Å²) in [5.74, 6) is -1.86. The van der Waals surface area contributed by atoms with Gasteiger partial charge in [0.05, 0.1) is 18.7 Å². The van der Waals surface area contributed by atoms with E-state index in [1.54, 1.807) is 6.07 Å². The molecule has 1 aromatic carbocycles. The highest BCUT2D eigenvalue weighted by molar-refractivity contribution is 7.80. The molecule has 1 rings (SSSR count). The lowest BCUT2D eigenvalue weighted by Crippen LogP contribution is -2.19. The lowest BCUT2D eigenvalue weighted by atomic mass is 10.1. The number of alkyl halides is 3. The van der Waals surface area contributed by atoms with Gasteiger partial charge in [0.2, 0.25) is 0 Å². The van der Waals surface area contributed by atoms with Crippen molar-refractivity contribution >= 4 is 18.6 Å². The van der Waals surface area contributed by atoms with Crippen LogP contribution in [0.3, 0.4) is 0 Å². The van der Waals surface area contributed by atoms with Crippen molar-refractivity contribution in [3.8, 4) is 11.8 Å². The summed E-state index contributed by atoms with van der Waals surface area (Å²) in [5, 5.41) is 8.63. The van der Waals surface area contributed by atoms with Gasteiger partial charge in [-0.1, -0.05) is 0 Å². The van der Waals surface area contributed by atoms with E-state index in [1.165, 1.54) is 0 Å². The van der Waals surface area contributed by atoms with E-state index in [4.69, 9.17) is 5.26 Å². The van der Waals surface area contributed by atoms with Crippen LogP contribution in [0.5, 0.6) is 5.75 Å². The summed E-state index contributed by atoms with van der Waals surface area (Å²) in [7, 11) is 1.01. The zero-order valence-corrected chi connectivity index (χ0v) is 9.80. The highest BCUT2D eigenvalue weighted by atomic mass is 32.1. The Bertz CT molecular complexity index is 522. The number of benzene rings is 1. The van der Waals surface area contributed by atoms with Gasteiger partial charge in [-0.05, 0) is 12.1 Å². The van der Waals surface area contributed by atoms with Crippen molar-refractivity contribution in [2.24, 2.45) is 0 Å². The summed E-state index contributed by atoms with van der Waals surface area (Å²) < 4.78 is 44.5. The largest absolute Gasteiger partial charge is 0.573 e. The van der Waals surface area contributed by atoms with Crippen molar-refractivity contribution in [2.45, 2.75) is 11.3 Å². The average Bonchev–Trinajstić information content (AvgIpc) is 2.25. The van der Waals surface area contributed by atoms with Gasteiger partial charge in [-0.2, -0.15) is 5.26 Å². The number of ether oxygens (including phenoxy) is 2. The Morgan fingerprint density at radius 1 is 1.44 bits per heavy atom. The van der Waals surface area contributed by atoms with Crippen LogP contribution in [0.4, 0.5) is 13.2 Å². The number of halogens is 3. The number of methoxy groups -OCH3 is 1.